The van der Waals surface area contributed by atoms with Crippen LogP contribution < -0.4 is 5.56 Å². The monoisotopic (exact) mass is 272 g/mol. The minimum atomic E-state index is -0.158. The molecule has 1 aliphatic heterocycles. The SMILES string of the molecule is O=C(c1ccc(=O)[nH]c1)N1C[C@@H]2C3CCC(CC3)[C@@H]2C1. The normalized spacial score (nSPS) is 35.1. The first kappa shape index (κ1) is 12.2. The van der Waals surface area contributed by atoms with Crippen LogP contribution in [0.25, 0.3) is 0 Å². The average molecular weight is 272 g/mol. The fourth-order valence-corrected chi connectivity index (χ4v) is 4.74. The summed E-state index contributed by atoms with van der Waals surface area (Å²) in [6.07, 6.45) is 7.01. The number of likely N-dealkylation sites (tertiary alicyclic amines) is 1. The molecule has 0 unspecified atom stereocenters. The molecule has 106 valence electrons. The molecular weight excluding hydrogens is 252 g/mol. The Hall–Kier alpha value is -1.58. The molecule has 3 aliphatic carbocycles. The van der Waals surface area contributed by atoms with Crippen molar-refractivity contribution >= 4 is 5.91 Å². The standard InChI is InChI=1S/C16H20N2O2/c19-15-6-5-12(7-17-15)16(20)18-8-13-10-1-2-11(4-3-10)14(13)9-18/h5-7,10-11,13-14H,1-4,8-9H2,(H,17,19)/t10?,11?,13-,14+. The first-order chi connectivity index (χ1) is 9.72. The Balaban J connectivity index is 1.54. The molecule has 1 aromatic rings. The highest BCUT2D eigenvalue weighted by Gasteiger charge is 2.49. The fourth-order valence-electron chi connectivity index (χ4n) is 4.74. The maximum Gasteiger partial charge on any atom is 0.255 e. The van der Waals surface area contributed by atoms with Crippen LogP contribution in [0, 0.1) is 23.7 Å². The number of aromatic nitrogens is 1. The predicted octanol–water partition coefficient (Wildman–Crippen LogP) is 1.88. The largest absolute Gasteiger partial charge is 0.338 e. The van der Waals surface area contributed by atoms with Gasteiger partial charge in [-0.3, -0.25) is 9.59 Å². The van der Waals surface area contributed by atoms with Gasteiger partial charge in [-0.2, -0.15) is 0 Å². The van der Waals surface area contributed by atoms with Gasteiger partial charge in [-0.15, -0.1) is 0 Å². The molecule has 0 spiro atoms. The van der Waals surface area contributed by atoms with E-state index in [0.29, 0.717) is 5.56 Å². The summed E-state index contributed by atoms with van der Waals surface area (Å²) < 4.78 is 0. The molecule has 1 aromatic heterocycles. The zero-order valence-electron chi connectivity index (χ0n) is 11.5. The second-order valence-electron chi connectivity index (χ2n) is 6.65. The number of hydrogen-bond donors (Lipinski definition) is 1. The Bertz CT molecular complexity index is 546. The Kier molecular flexibility index (Phi) is 2.72. The molecule has 2 bridgehead atoms. The topological polar surface area (TPSA) is 53.2 Å². The second-order valence-corrected chi connectivity index (χ2v) is 6.65. The van der Waals surface area contributed by atoms with E-state index in [-0.39, 0.29) is 11.5 Å². The first-order valence-corrected chi connectivity index (χ1v) is 7.70. The second kappa shape index (κ2) is 4.47. The lowest BCUT2D eigenvalue weighted by Gasteiger charge is -2.44. The Labute approximate surface area is 118 Å². The van der Waals surface area contributed by atoms with Crippen LogP contribution in [0.4, 0.5) is 0 Å². The molecule has 3 saturated carbocycles. The predicted molar refractivity (Wildman–Crippen MR) is 75.4 cm³/mol. The summed E-state index contributed by atoms with van der Waals surface area (Å²) in [6.45, 7) is 1.84. The minimum absolute atomic E-state index is 0.0788. The summed E-state index contributed by atoms with van der Waals surface area (Å²) in [5.74, 6) is 3.23. The highest BCUT2D eigenvalue weighted by Crippen LogP contribution is 2.51. The van der Waals surface area contributed by atoms with Crippen LogP contribution in [0.15, 0.2) is 23.1 Å². The summed E-state index contributed by atoms with van der Waals surface area (Å²) >= 11 is 0. The summed E-state index contributed by atoms with van der Waals surface area (Å²) in [5, 5.41) is 0. The van der Waals surface area contributed by atoms with Crippen LogP contribution in [-0.4, -0.2) is 28.9 Å². The third kappa shape index (κ3) is 1.81. The number of fused-ring (bicyclic) bond motifs is 2. The Morgan fingerprint density at radius 3 is 2.15 bits per heavy atom. The van der Waals surface area contributed by atoms with Gasteiger partial charge in [0.1, 0.15) is 0 Å². The van der Waals surface area contributed by atoms with E-state index in [1.165, 1.54) is 31.7 Å². The Morgan fingerprint density at radius 2 is 1.65 bits per heavy atom. The van der Waals surface area contributed by atoms with Gasteiger partial charge in [0, 0.05) is 25.4 Å². The molecule has 5 rings (SSSR count). The molecule has 2 heterocycles. The zero-order valence-corrected chi connectivity index (χ0v) is 11.5. The minimum Gasteiger partial charge on any atom is -0.338 e. The molecule has 4 nitrogen and oxygen atoms in total. The molecule has 0 aromatic carbocycles. The van der Waals surface area contributed by atoms with E-state index in [1.807, 2.05) is 4.90 Å². The van der Waals surface area contributed by atoms with Crippen molar-refractivity contribution in [1.82, 2.24) is 9.88 Å². The molecule has 0 radical (unpaired) electrons. The number of nitrogens with one attached hydrogen (secondary N) is 1. The third-order valence-corrected chi connectivity index (χ3v) is 5.76. The van der Waals surface area contributed by atoms with Crippen molar-refractivity contribution in [3.05, 3.63) is 34.2 Å². The van der Waals surface area contributed by atoms with Crippen LogP contribution >= 0.6 is 0 Å². The van der Waals surface area contributed by atoms with E-state index in [0.717, 1.165) is 36.8 Å². The highest BCUT2D eigenvalue weighted by atomic mass is 16.2. The number of hydrogen-bond acceptors (Lipinski definition) is 2. The first-order valence-electron chi connectivity index (χ1n) is 7.70. The van der Waals surface area contributed by atoms with Crippen molar-refractivity contribution < 1.29 is 4.79 Å². The lowest BCUT2D eigenvalue weighted by atomic mass is 9.60. The van der Waals surface area contributed by atoms with Crippen molar-refractivity contribution in [2.45, 2.75) is 25.7 Å². The van der Waals surface area contributed by atoms with Gasteiger partial charge in [-0.25, -0.2) is 0 Å². The molecule has 4 fully saturated rings. The summed E-state index contributed by atoms with van der Waals surface area (Å²) in [6, 6.07) is 3.07. The molecule has 2 atom stereocenters. The van der Waals surface area contributed by atoms with E-state index in [1.54, 1.807) is 12.3 Å². The molecule has 1 amide bonds. The number of carbonyl (C=O) groups is 1. The number of pyridine rings is 1. The van der Waals surface area contributed by atoms with Gasteiger partial charge in [0.25, 0.3) is 5.91 Å². The van der Waals surface area contributed by atoms with Crippen molar-refractivity contribution in [2.75, 3.05) is 13.1 Å². The number of carbonyl (C=O) groups excluding carboxylic acids is 1. The van der Waals surface area contributed by atoms with Crippen molar-refractivity contribution in [3.63, 3.8) is 0 Å². The Morgan fingerprint density at radius 1 is 1.05 bits per heavy atom. The van der Waals surface area contributed by atoms with Crippen LogP contribution in [0.1, 0.15) is 36.0 Å². The number of rotatable bonds is 1. The van der Waals surface area contributed by atoms with E-state index in [2.05, 4.69) is 4.98 Å². The zero-order chi connectivity index (χ0) is 13.7. The quantitative estimate of drug-likeness (QED) is 0.848. The molecule has 4 aliphatic rings. The van der Waals surface area contributed by atoms with Gasteiger partial charge in [-0.05, 0) is 55.4 Å². The average Bonchev–Trinajstić information content (AvgIpc) is 2.95. The van der Waals surface area contributed by atoms with Gasteiger partial charge in [0.15, 0.2) is 0 Å². The van der Waals surface area contributed by atoms with Crippen LogP contribution in [0.2, 0.25) is 0 Å². The van der Waals surface area contributed by atoms with Crippen molar-refractivity contribution in [1.29, 1.82) is 0 Å². The van der Waals surface area contributed by atoms with E-state index in [9.17, 15) is 9.59 Å². The van der Waals surface area contributed by atoms with Crippen molar-refractivity contribution in [3.8, 4) is 0 Å². The lowest BCUT2D eigenvalue weighted by molar-refractivity contribution is 0.0577. The number of amides is 1. The number of nitrogens with zero attached hydrogens (tertiary/aromatic N) is 1. The molecule has 1 N–H and O–H groups in total. The highest BCUT2D eigenvalue weighted by molar-refractivity contribution is 5.94. The van der Waals surface area contributed by atoms with Gasteiger partial charge in [0.05, 0.1) is 5.56 Å². The summed E-state index contributed by atoms with van der Waals surface area (Å²) in [5.41, 5.74) is 0.449. The van der Waals surface area contributed by atoms with Gasteiger partial charge in [0.2, 0.25) is 5.56 Å². The lowest BCUT2D eigenvalue weighted by Crippen LogP contribution is -2.38. The van der Waals surface area contributed by atoms with Gasteiger partial charge >= 0.3 is 0 Å². The molecule has 20 heavy (non-hydrogen) atoms. The van der Waals surface area contributed by atoms with Crippen LogP contribution in [0.5, 0.6) is 0 Å². The fraction of sp³-hybridized carbons (Fsp3) is 0.625. The number of aromatic amines is 1. The van der Waals surface area contributed by atoms with Gasteiger partial charge < -0.3 is 9.88 Å². The molecule has 1 saturated heterocycles. The van der Waals surface area contributed by atoms with Gasteiger partial charge in [-0.1, -0.05) is 0 Å². The smallest absolute Gasteiger partial charge is 0.255 e. The maximum atomic E-state index is 12.5. The number of H-pyrrole nitrogens is 1. The van der Waals surface area contributed by atoms with E-state index in [4.69, 9.17) is 0 Å². The molecule has 4 heteroatoms. The van der Waals surface area contributed by atoms with Crippen molar-refractivity contribution in [2.24, 2.45) is 23.7 Å². The van der Waals surface area contributed by atoms with E-state index >= 15 is 0 Å². The third-order valence-electron chi connectivity index (χ3n) is 5.76. The summed E-state index contributed by atoms with van der Waals surface area (Å²) in [7, 11) is 0. The van der Waals surface area contributed by atoms with Crippen LogP contribution in [-0.2, 0) is 0 Å². The van der Waals surface area contributed by atoms with Crippen LogP contribution in [0.3, 0.4) is 0 Å². The molecular formula is C16H20N2O2. The van der Waals surface area contributed by atoms with E-state index < -0.39 is 0 Å². The summed E-state index contributed by atoms with van der Waals surface area (Å²) in [4.78, 5) is 28.2. The maximum absolute atomic E-state index is 12.5.